The molecule has 0 aliphatic rings. The SMILES string of the molecule is NOO[N+](=O)[O-]. The molecule has 6 heavy (non-hydrogen) atoms. The van der Waals surface area contributed by atoms with Gasteiger partial charge in [-0.3, -0.25) is 0 Å². The maximum absolute atomic E-state index is 8.98. The molecule has 0 saturated carbocycles. The Kier molecular flexibility index (Phi) is 2.02. The first-order valence-electron chi connectivity index (χ1n) is 0.950. The second-order valence-corrected chi connectivity index (χ2v) is 0.394. The van der Waals surface area contributed by atoms with Crippen LogP contribution in [-0.2, 0) is 9.98 Å². The van der Waals surface area contributed by atoms with Crippen LogP contribution in [0.4, 0.5) is 0 Å². The van der Waals surface area contributed by atoms with Crippen LogP contribution in [-0.4, -0.2) is 5.09 Å². The molecule has 0 unspecified atom stereocenters. The summed E-state index contributed by atoms with van der Waals surface area (Å²) in [4.78, 5) is 15.1. The van der Waals surface area contributed by atoms with Gasteiger partial charge in [0.2, 0.25) is 0 Å². The summed E-state index contributed by atoms with van der Waals surface area (Å²) in [6.45, 7) is 0. The van der Waals surface area contributed by atoms with Crippen molar-refractivity contribution in [3.63, 3.8) is 0 Å². The first-order chi connectivity index (χ1) is 2.77. The summed E-state index contributed by atoms with van der Waals surface area (Å²) in [6, 6.07) is 0. The van der Waals surface area contributed by atoms with E-state index in [4.69, 9.17) is 10.1 Å². The quantitative estimate of drug-likeness (QED) is 0.269. The van der Waals surface area contributed by atoms with Crippen LogP contribution < -0.4 is 5.90 Å². The highest BCUT2D eigenvalue weighted by atomic mass is 17.4. The minimum absolute atomic E-state index is 1.17. The molecule has 0 fully saturated rings. The van der Waals surface area contributed by atoms with Gasteiger partial charge in [0.1, 0.15) is 0 Å². The fourth-order valence-electron chi connectivity index (χ4n) is 0.0351. The van der Waals surface area contributed by atoms with Crippen LogP contribution in [0.1, 0.15) is 0 Å². The van der Waals surface area contributed by atoms with Crippen molar-refractivity contribution < 1.29 is 15.1 Å². The molecule has 36 valence electrons. The highest BCUT2D eigenvalue weighted by Gasteiger charge is 1.86. The largest absolute Gasteiger partial charge is 0.323 e. The third-order valence-electron chi connectivity index (χ3n) is 0.104. The second-order valence-electron chi connectivity index (χ2n) is 0.394. The zero-order valence-electron chi connectivity index (χ0n) is 2.66. The smallest absolute Gasteiger partial charge is 0.183 e. The van der Waals surface area contributed by atoms with E-state index in [1.165, 1.54) is 0 Å². The summed E-state index contributed by atoms with van der Waals surface area (Å²) in [5, 5.41) is 7.81. The summed E-state index contributed by atoms with van der Waals surface area (Å²) < 4.78 is 0. The standard InChI is InChI=1S/H2N2O4/c1-5-6-2(3)4/h1H2. The van der Waals surface area contributed by atoms with Crippen LogP contribution in [0.15, 0.2) is 0 Å². The summed E-state index contributed by atoms with van der Waals surface area (Å²) >= 11 is 0. The molecule has 0 rings (SSSR count). The van der Waals surface area contributed by atoms with Crippen LogP contribution in [0.5, 0.6) is 0 Å². The summed E-state index contributed by atoms with van der Waals surface area (Å²) in [5.41, 5.74) is 0. The maximum Gasteiger partial charge on any atom is 0.323 e. The van der Waals surface area contributed by atoms with Crippen molar-refractivity contribution in [3.8, 4) is 0 Å². The van der Waals surface area contributed by atoms with Crippen LogP contribution >= 0.6 is 0 Å². The third kappa shape index (κ3) is 3.12. The molecule has 0 spiro atoms. The number of hydrogen-bond donors (Lipinski definition) is 1. The molecule has 0 radical (unpaired) electrons. The highest BCUT2D eigenvalue weighted by Crippen LogP contribution is 1.64. The number of hydrogen-bond acceptors (Lipinski definition) is 5. The Morgan fingerprint density at radius 3 is 2.33 bits per heavy atom. The van der Waals surface area contributed by atoms with Crippen molar-refractivity contribution in [2.45, 2.75) is 0 Å². The van der Waals surface area contributed by atoms with E-state index in [2.05, 4.69) is 15.9 Å². The van der Waals surface area contributed by atoms with E-state index in [1.807, 2.05) is 0 Å². The zero-order valence-corrected chi connectivity index (χ0v) is 2.66. The van der Waals surface area contributed by atoms with Crippen LogP contribution in [0.2, 0.25) is 0 Å². The van der Waals surface area contributed by atoms with Crippen molar-refractivity contribution in [1.82, 2.24) is 0 Å². The van der Waals surface area contributed by atoms with Gasteiger partial charge in [-0.15, -0.1) is 20.1 Å². The molecule has 0 saturated heterocycles. The van der Waals surface area contributed by atoms with Gasteiger partial charge in [0.05, 0.1) is 0 Å². The van der Waals surface area contributed by atoms with Crippen molar-refractivity contribution in [1.29, 1.82) is 0 Å². The molecule has 0 bridgehead atoms. The molecule has 6 heteroatoms. The molecule has 0 aliphatic carbocycles. The van der Waals surface area contributed by atoms with Crippen LogP contribution in [0, 0.1) is 10.1 Å². The molecule has 0 aromatic heterocycles. The van der Waals surface area contributed by atoms with E-state index in [9.17, 15) is 0 Å². The maximum atomic E-state index is 8.98. The molecule has 6 nitrogen and oxygen atoms in total. The lowest BCUT2D eigenvalue weighted by Gasteiger charge is -1.82. The van der Waals surface area contributed by atoms with Gasteiger partial charge in [0.25, 0.3) is 0 Å². The van der Waals surface area contributed by atoms with Gasteiger partial charge < -0.3 is 0 Å². The summed E-state index contributed by atoms with van der Waals surface area (Å²) in [7, 11) is 0. The average Bonchev–Trinajstić information content (AvgIpc) is 1.35. The Labute approximate surface area is 32.4 Å². The molecular formula is H2N2O4. The Morgan fingerprint density at radius 2 is 2.33 bits per heavy atom. The van der Waals surface area contributed by atoms with Gasteiger partial charge in [-0.2, -0.15) is 5.90 Å². The van der Waals surface area contributed by atoms with Crippen molar-refractivity contribution >= 4 is 0 Å². The fraction of sp³-hybridized carbons (Fsp3) is 0. The lowest BCUT2D eigenvalue weighted by molar-refractivity contribution is -0.852. The van der Waals surface area contributed by atoms with E-state index in [0.29, 0.717) is 0 Å². The molecular weight excluding hydrogens is 92.0 g/mol. The predicted molar refractivity (Wildman–Crippen MR) is 13.4 cm³/mol. The first-order valence-corrected chi connectivity index (χ1v) is 0.950. The van der Waals surface area contributed by atoms with Gasteiger partial charge in [0.15, 0.2) is 0 Å². The topological polar surface area (TPSA) is 87.6 Å². The minimum atomic E-state index is -1.17. The molecule has 0 heterocycles. The molecule has 0 aromatic carbocycles. The lowest BCUT2D eigenvalue weighted by Crippen LogP contribution is -2.05. The lowest BCUT2D eigenvalue weighted by atomic mass is 13.1. The molecule has 2 N–H and O–H groups in total. The third-order valence-corrected chi connectivity index (χ3v) is 0.104. The average molecular weight is 94.0 g/mol. The van der Waals surface area contributed by atoms with Gasteiger partial charge in [-0.1, -0.05) is 0 Å². The van der Waals surface area contributed by atoms with E-state index in [-0.39, 0.29) is 0 Å². The van der Waals surface area contributed by atoms with Crippen molar-refractivity contribution in [3.05, 3.63) is 10.1 Å². The Bertz CT molecular complexity index is 49.5. The van der Waals surface area contributed by atoms with Gasteiger partial charge in [-0.25, -0.2) is 0 Å². The normalized spacial score (nSPS) is 7.50. The summed E-state index contributed by atoms with van der Waals surface area (Å²) in [5.74, 6) is 4.07. The Hall–Kier alpha value is -0.880. The van der Waals surface area contributed by atoms with Crippen molar-refractivity contribution in [2.75, 3.05) is 0 Å². The van der Waals surface area contributed by atoms with Crippen LogP contribution in [0.25, 0.3) is 0 Å². The Balaban J connectivity index is 2.83. The Morgan fingerprint density at radius 1 is 1.83 bits per heavy atom. The van der Waals surface area contributed by atoms with E-state index in [0.717, 1.165) is 0 Å². The zero-order chi connectivity index (χ0) is 4.99. The fourth-order valence-corrected chi connectivity index (χ4v) is 0.0351. The number of nitrogens with zero attached hydrogens (tertiary/aromatic N) is 1. The van der Waals surface area contributed by atoms with Gasteiger partial charge >= 0.3 is 5.09 Å². The van der Waals surface area contributed by atoms with Gasteiger partial charge in [-0.05, 0) is 0 Å². The minimum Gasteiger partial charge on any atom is -0.183 e. The number of rotatable bonds is 2. The van der Waals surface area contributed by atoms with E-state index < -0.39 is 5.09 Å². The van der Waals surface area contributed by atoms with Crippen molar-refractivity contribution in [2.24, 2.45) is 5.90 Å². The molecule has 0 aromatic rings. The molecule has 0 atom stereocenters. The van der Waals surface area contributed by atoms with E-state index in [1.54, 1.807) is 0 Å². The molecule has 0 aliphatic heterocycles. The van der Waals surface area contributed by atoms with Crippen LogP contribution in [0.3, 0.4) is 0 Å². The highest BCUT2D eigenvalue weighted by molar-refractivity contribution is 3.85. The molecule has 0 amide bonds. The first kappa shape index (κ1) is 5.12. The monoisotopic (exact) mass is 94.0 g/mol. The predicted octanol–water partition coefficient (Wildman–Crippen LogP) is -1.00. The van der Waals surface area contributed by atoms with Gasteiger partial charge in [0, 0.05) is 0 Å². The van der Waals surface area contributed by atoms with E-state index >= 15 is 0 Å². The number of nitrogens with two attached hydrogens (primary N) is 1. The summed E-state index contributed by atoms with van der Waals surface area (Å²) in [6.07, 6.45) is 0. The second kappa shape index (κ2) is 2.36.